The van der Waals surface area contributed by atoms with Crippen LogP contribution >= 0.6 is 0 Å². The van der Waals surface area contributed by atoms with Gasteiger partial charge in [0.25, 0.3) is 0 Å². The van der Waals surface area contributed by atoms with Crippen molar-refractivity contribution in [1.82, 2.24) is 0 Å². The number of hydrogen-bond acceptors (Lipinski definition) is 6. The minimum Gasteiger partial charge on any atom is -0.466 e. The lowest BCUT2D eigenvalue weighted by molar-refractivity contribution is -0.144. The molecule has 0 aromatic rings. The maximum Gasteiger partial charge on any atom is 0.305 e. The molecule has 0 spiro atoms. The summed E-state index contributed by atoms with van der Waals surface area (Å²) < 4.78 is 27.1. The summed E-state index contributed by atoms with van der Waals surface area (Å²) in [6, 6.07) is 0. The summed E-state index contributed by atoms with van der Waals surface area (Å²) in [6.45, 7) is 16.4. The van der Waals surface area contributed by atoms with Gasteiger partial charge >= 0.3 is 5.97 Å². The Balaban J connectivity index is 3.26. The fourth-order valence-corrected chi connectivity index (χ4v) is 3.13. The highest BCUT2D eigenvalue weighted by atomic mass is 16.6. The third-order valence-electron chi connectivity index (χ3n) is 4.51. The molecule has 0 aliphatic rings. The molecule has 30 heavy (non-hydrogen) atoms. The number of carbonyl (C=O) groups excluding carboxylic acids is 1. The van der Waals surface area contributed by atoms with Gasteiger partial charge in [-0.05, 0) is 37.0 Å². The standard InChI is InChI=1S/C24H48O6/c1-6-7-8-12-26-15-17-28-19-20-29-18-16-27-13-9-10-23(25)30-14-11-22(2)21-24(3,4)5/h22H,6-21H2,1-5H3. The molecular weight excluding hydrogens is 384 g/mol. The molecule has 180 valence electrons. The lowest BCUT2D eigenvalue weighted by Crippen LogP contribution is -2.14. The van der Waals surface area contributed by atoms with Crippen LogP contribution in [0.4, 0.5) is 0 Å². The van der Waals surface area contributed by atoms with Crippen LogP contribution in [0.5, 0.6) is 0 Å². The van der Waals surface area contributed by atoms with Gasteiger partial charge in [0.05, 0.1) is 46.2 Å². The monoisotopic (exact) mass is 432 g/mol. The van der Waals surface area contributed by atoms with Crippen LogP contribution in [0.25, 0.3) is 0 Å². The summed E-state index contributed by atoms with van der Waals surface area (Å²) in [5.41, 5.74) is 0.319. The Labute approximate surface area is 185 Å². The zero-order valence-electron chi connectivity index (χ0n) is 20.3. The highest BCUT2D eigenvalue weighted by Crippen LogP contribution is 2.25. The molecule has 1 unspecified atom stereocenters. The Morgan fingerprint density at radius 3 is 1.73 bits per heavy atom. The van der Waals surface area contributed by atoms with Crippen molar-refractivity contribution in [1.29, 1.82) is 0 Å². The molecule has 0 saturated heterocycles. The summed E-state index contributed by atoms with van der Waals surface area (Å²) in [7, 11) is 0. The van der Waals surface area contributed by atoms with Gasteiger partial charge in [0, 0.05) is 19.6 Å². The molecule has 0 heterocycles. The molecule has 0 radical (unpaired) electrons. The number of unbranched alkanes of at least 4 members (excludes halogenated alkanes) is 2. The van der Waals surface area contributed by atoms with Crippen LogP contribution in [0, 0.1) is 11.3 Å². The van der Waals surface area contributed by atoms with Crippen molar-refractivity contribution in [3.63, 3.8) is 0 Å². The van der Waals surface area contributed by atoms with Gasteiger partial charge in [-0.15, -0.1) is 0 Å². The highest BCUT2D eigenvalue weighted by molar-refractivity contribution is 5.69. The first kappa shape index (κ1) is 29.3. The van der Waals surface area contributed by atoms with Crippen molar-refractivity contribution >= 4 is 5.97 Å². The van der Waals surface area contributed by atoms with E-state index in [-0.39, 0.29) is 5.97 Å². The smallest absolute Gasteiger partial charge is 0.305 e. The molecule has 1 atom stereocenters. The summed E-state index contributed by atoms with van der Waals surface area (Å²) in [5, 5.41) is 0. The van der Waals surface area contributed by atoms with E-state index in [4.69, 9.17) is 23.7 Å². The minimum atomic E-state index is -0.135. The second-order valence-corrected chi connectivity index (χ2v) is 9.14. The van der Waals surface area contributed by atoms with E-state index in [0.29, 0.717) is 77.0 Å². The number of hydrogen-bond donors (Lipinski definition) is 0. The predicted octanol–water partition coefficient (Wildman–Crippen LogP) is 5.03. The molecule has 6 heteroatoms. The second kappa shape index (κ2) is 20.2. The van der Waals surface area contributed by atoms with Crippen molar-refractivity contribution in [3.8, 4) is 0 Å². The van der Waals surface area contributed by atoms with Gasteiger partial charge in [-0.2, -0.15) is 0 Å². The first-order chi connectivity index (χ1) is 14.3. The van der Waals surface area contributed by atoms with Crippen molar-refractivity contribution in [2.45, 2.75) is 79.6 Å². The number of esters is 1. The zero-order chi connectivity index (χ0) is 22.5. The summed E-state index contributed by atoms with van der Waals surface area (Å²) in [5.74, 6) is 0.430. The normalized spacial score (nSPS) is 12.8. The van der Waals surface area contributed by atoms with Crippen LogP contribution in [0.15, 0.2) is 0 Å². The Kier molecular flexibility index (Phi) is 19.8. The van der Waals surface area contributed by atoms with Gasteiger partial charge in [-0.25, -0.2) is 0 Å². The summed E-state index contributed by atoms with van der Waals surface area (Å²) in [6.07, 6.45) is 6.70. The molecular formula is C24H48O6. The van der Waals surface area contributed by atoms with Crippen LogP contribution < -0.4 is 0 Å². The van der Waals surface area contributed by atoms with Crippen molar-refractivity contribution in [2.24, 2.45) is 11.3 Å². The third-order valence-corrected chi connectivity index (χ3v) is 4.51. The predicted molar refractivity (Wildman–Crippen MR) is 121 cm³/mol. The van der Waals surface area contributed by atoms with E-state index in [9.17, 15) is 4.79 Å². The van der Waals surface area contributed by atoms with Crippen LogP contribution in [0.3, 0.4) is 0 Å². The van der Waals surface area contributed by atoms with E-state index >= 15 is 0 Å². The second-order valence-electron chi connectivity index (χ2n) is 9.14. The third kappa shape index (κ3) is 23.6. The molecule has 0 bridgehead atoms. The largest absolute Gasteiger partial charge is 0.466 e. The van der Waals surface area contributed by atoms with Crippen LogP contribution in [0.1, 0.15) is 79.6 Å². The SMILES string of the molecule is CCCCCOCCOCCOCCOCCCC(=O)OCCC(C)CC(C)(C)C. The first-order valence-electron chi connectivity index (χ1n) is 11.8. The minimum absolute atomic E-state index is 0.135. The lowest BCUT2D eigenvalue weighted by atomic mass is 9.84. The Morgan fingerprint density at radius 2 is 1.23 bits per heavy atom. The van der Waals surface area contributed by atoms with E-state index in [1.54, 1.807) is 0 Å². The molecule has 0 aliphatic heterocycles. The average Bonchev–Trinajstić information content (AvgIpc) is 2.66. The Hall–Kier alpha value is -0.690. The molecule has 0 amide bonds. The Bertz CT molecular complexity index is 380. The molecule has 0 fully saturated rings. The number of rotatable bonds is 21. The topological polar surface area (TPSA) is 63.2 Å². The maximum atomic E-state index is 11.7. The quantitative estimate of drug-likeness (QED) is 0.187. The van der Waals surface area contributed by atoms with Gasteiger partial charge in [0.15, 0.2) is 0 Å². The maximum absolute atomic E-state index is 11.7. The summed E-state index contributed by atoms with van der Waals surface area (Å²) in [4.78, 5) is 11.7. The molecule has 0 aliphatic carbocycles. The van der Waals surface area contributed by atoms with Gasteiger partial charge in [0.2, 0.25) is 0 Å². The van der Waals surface area contributed by atoms with Gasteiger partial charge < -0.3 is 23.7 Å². The fraction of sp³-hybridized carbons (Fsp3) is 0.958. The van der Waals surface area contributed by atoms with E-state index < -0.39 is 0 Å². The molecule has 0 aromatic heterocycles. The highest BCUT2D eigenvalue weighted by Gasteiger charge is 2.15. The summed E-state index contributed by atoms with van der Waals surface area (Å²) >= 11 is 0. The number of carbonyl (C=O) groups is 1. The lowest BCUT2D eigenvalue weighted by Gasteiger charge is -2.22. The zero-order valence-corrected chi connectivity index (χ0v) is 20.3. The molecule has 0 N–H and O–H groups in total. The van der Waals surface area contributed by atoms with E-state index in [2.05, 4.69) is 34.6 Å². The van der Waals surface area contributed by atoms with Crippen molar-refractivity contribution < 1.29 is 28.5 Å². The Morgan fingerprint density at radius 1 is 0.733 bits per heavy atom. The fourth-order valence-electron chi connectivity index (χ4n) is 3.13. The average molecular weight is 433 g/mol. The molecule has 6 nitrogen and oxygen atoms in total. The van der Waals surface area contributed by atoms with Gasteiger partial charge in [0.1, 0.15) is 0 Å². The first-order valence-corrected chi connectivity index (χ1v) is 11.8. The van der Waals surface area contributed by atoms with E-state index in [1.807, 2.05) is 0 Å². The van der Waals surface area contributed by atoms with Gasteiger partial charge in [-0.1, -0.05) is 47.5 Å². The van der Waals surface area contributed by atoms with E-state index in [1.165, 1.54) is 12.8 Å². The van der Waals surface area contributed by atoms with E-state index in [0.717, 1.165) is 25.9 Å². The van der Waals surface area contributed by atoms with Crippen LogP contribution in [-0.4, -0.2) is 65.4 Å². The number of ether oxygens (including phenoxy) is 5. The molecule has 0 rings (SSSR count). The molecule has 0 saturated carbocycles. The van der Waals surface area contributed by atoms with Crippen LogP contribution in [0.2, 0.25) is 0 Å². The van der Waals surface area contributed by atoms with Crippen molar-refractivity contribution in [3.05, 3.63) is 0 Å². The van der Waals surface area contributed by atoms with Gasteiger partial charge in [-0.3, -0.25) is 4.79 Å². The van der Waals surface area contributed by atoms with Crippen LogP contribution in [-0.2, 0) is 28.5 Å². The molecule has 0 aromatic carbocycles. The van der Waals surface area contributed by atoms with Crippen molar-refractivity contribution in [2.75, 3.05) is 59.5 Å².